The lowest BCUT2D eigenvalue weighted by atomic mass is 10.2. The van der Waals surface area contributed by atoms with Crippen LogP contribution in [-0.2, 0) is 9.53 Å². The Hall–Kier alpha value is -0.570. The minimum Gasteiger partial charge on any atom is -0.466 e. The van der Waals surface area contributed by atoms with Gasteiger partial charge in [0.05, 0.1) is 6.61 Å². The molecular formula is C10H21NO2. The van der Waals surface area contributed by atoms with Crippen LogP contribution in [-0.4, -0.2) is 19.1 Å². The van der Waals surface area contributed by atoms with Crippen LogP contribution >= 0.6 is 0 Å². The topological polar surface area (TPSA) is 52.3 Å². The minimum atomic E-state index is -0.0644. The summed E-state index contributed by atoms with van der Waals surface area (Å²) in [6, 6.07) is 0. The van der Waals surface area contributed by atoms with Crippen molar-refractivity contribution in [3.63, 3.8) is 0 Å². The maximum Gasteiger partial charge on any atom is 0.305 e. The number of rotatable bonds is 8. The van der Waals surface area contributed by atoms with Gasteiger partial charge in [-0.2, -0.15) is 0 Å². The summed E-state index contributed by atoms with van der Waals surface area (Å²) in [5.74, 6) is -0.0644. The van der Waals surface area contributed by atoms with Crippen molar-refractivity contribution in [3.05, 3.63) is 0 Å². The molecule has 0 unspecified atom stereocenters. The van der Waals surface area contributed by atoms with Gasteiger partial charge in [0.25, 0.3) is 0 Å². The van der Waals surface area contributed by atoms with Crippen LogP contribution in [0.1, 0.15) is 45.4 Å². The molecule has 0 aromatic rings. The first-order valence-corrected chi connectivity index (χ1v) is 5.17. The highest BCUT2D eigenvalue weighted by Gasteiger charge is 2.00. The molecule has 0 saturated carbocycles. The predicted octanol–water partition coefficient (Wildman–Crippen LogP) is 1.85. The van der Waals surface area contributed by atoms with E-state index in [2.05, 4.69) is 6.92 Å². The molecule has 78 valence electrons. The van der Waals surface area contributed by atoms with E-state index in [1.807, 2.05) is 0 Å². The van der Waals surface area contributed by atoms with Gasteiger partial charge in [0.2, 0.25) is 0 Å². The van der Waals surface area contributed by atoms with Gasteiger partial charge in [0.15, 0.2) is 0 Å². The van der Waals surface area contributed by atoms with Crippen LogP contribution in [0.15, 0.2) is 0 Å². The second-order valence-corrected chi connectivity index (χ2v) is 3.17. The third kappa shape index (κ3) is 9.34. The van der Waals surface area contributed by atoms with E-state index >= 15 is 0 Å². The molecule has 0 amide bonds. The molecule has 0 aromatic heterocycles. The van der Waals surface area contributed by atoms with Crippen molar-refractivity contribution in [2.45, 2.75) is 45.4 Å². The van der Waals surface area contributed by atoms with Crippen molar-refractivity contribution in [1.82, 2.24) is 0 Å². The molecule has 0 rings (SSSR count). The lowest BCUT2D eigenvalue weighted by molar-refractivity contribution is -0.143. The SMILES string of the molecule is CCCCCC(=O)OCCCCN. The van der Waals surface area contributed by atoms with E-state index in [1.54, 1.807) is 0 Å². The second kappa shape index (κ2) is 9.52. The van der Waals surface area contributed by atoms with E-state index in [1.165, 1.54) is 0 Å². The van der Waals surface area contributed by atoms with Crippen LogP contribution < -0.4 is 5.73 Å². The monoisotopic (exact) mass is 187 g/mol. The first kappa shape index (κ1) is 12.4. The molecule has 0 saturated heterocycles. The average molecular weight is 187 g/mol. The van der Waals surface area contributed by atoms with Gasteiger partial charge in [-0.1, -0.05) is 19.8 Å². The molecule has 0 aliphatic rings. The Morgan fingerprint density at radius 2 is 2.00 bits per heavy atom. The summed E-state index contributed by atoms with van der Waals surface area (Å²) in [6.07, 6.45) is 5.58. The largest absolute Gasteiger partial charge is 0.466 e. The summed E-state index contributed by atoms with van der Waals surface area (Å²) in [4.78, 5) is 11.0. The van der Waals surface area contributed by atoms with Crippen LogP contribution in [0.5, 0.6) is 0 Å². The fourth-order valence-electron chi connectivity index (χ4n) is 1.02. The van der Waals surface area contributed by atoms with E-state index in [9.17, 15) is 4.79 Å². The normalized spacial score (nSPS) is 10.0. The van der Waals surface area contributed by atoms with Gasteiger partial charge in [-0.15, -0.1) is 0 Å². The van der Waals surface area contributed by atoms with E-state index in [0.717, 1.165) is 32.1 Å². The van der Waals surface area contributed by atoms with Gasteiger partial charge in [-0.05, 0) is 25.8 Å². The van der Waals surface area contributed by atoms with Crippen LogP contribution in [0.25, 0.3) is 0 Å². The standard InChI is InChI=1S/C10H21NO2/c1-2-3-4-7-10(12)13-9-6-5-8-11/h2-9,11H2,1H3. The molecule has 0 radical (unpaired) electrons. The number of esters is 1. The first-order chi connectivity index (χ1) is 6.31. The van der Waals surface area contributed by atoms with Gasteiger partial charge >= 0.3 is 5.97 Å². The fraction of sp³-hybridized carbons (Fsp3) is 0.900. The van der Waals surface area contributed by atoms with Crippen LogP contribution in [0, 0.1) is 0 Å². The minimum absolute atomic E-state index is 0.0644. The molecular weight excluding hydrogens is 166 g/mol. The number of nitrogens with two attached hydrogens (primary N) is 1. The Labute approximate surface area is 80.6 Å². The Morgan fingerprint density at radius 1 is 1.23 bits per heavy atom. The Bertz CT molecular complexity index is 126. The molecule has 0 aliphatic heterocycles. The third-order valence-electron chi connectivity index (χ3n) is 1.85. The number of carbonyl (C=O) groups is 1. The number of carbonyl (C=O) groups excluding carboxylic acids is 1. The fourth-order valence-corrected chi connectivity index (χ4v) is 1.02. The summed E-state index contributed by atoms with van der Waals surface area (Å²) in [7, 11) is 0. The molecule has 0 heterocycles. The summed E-state index contributed by atoms with van der Waals surface area (Å²) in [5.41, 5.74) is 5.30. The molecule has 0 aliphatic carbocycles. The molecule has 3 nitrogen and oxygen atoms in total. The van der Waals surface area contributed by atoms with E-state index < -0.39 is 0 Å². The summed E-state index contributed by atoms with van der Waals surface area (Å²) >= 11 is 0. The Balaban J connectivity index is 3.11. The lowest BCUT2D eigenvalue weighted by Gasteiger charge is -2.03. The van der Waals surface area contributed by atoms with E-state index in [-0.39, 0.29) is 5.97 Å². The Kier molecular flexibility index (Phi) is 9.10. The van der Waals surface area contributed by atoms with Crippen molar-refractivity contribution in [2.24, 2.45) is 5.73 Å². The van der Waals surface area contributed by atoms with Crippen molar-refractivity contribution in [2.75, 3.05) is 13.2 Å². The predicted molar refractivity (Wildman–Crippen MR) is 53.4 cm³/mol. The third-order valence-corrected chi connectivity index (χ3v) is 1.85. The maximum atomic E-state index is 11.0. The average Bonchev–Trinajstić information content (AvgIpc) is 2.13. The van der Waals surface area contributed by atoms with Crippen LogP contribution in [0.2, 0.25) is 0 Å². The molecule has 0 bridgehead atoms. The van der Waals surface area contributed by atoms with Crippen LogP contribution in [0.3, 0.4) is 0 Å². The van der Waals surface area contributed by atoms with Crippen molar-refractivity contribution in [3.8, 4) is 0 Å². The van der Waals surface area contributed by atoms with Crippen LogP contribution in [0.4, 0.5) is 0 Å². The first-order valence-electron chi connectivity index (χ1n) is 5.17. The molecule has 0 aromatic carbocycles. The highest BCUT2D eigenvalue weighted by molar-refractivity contribution is 5.69. The highest BCUT2D eigenvalue weighted by atomic mass is 16.5. The Morgan fingerprint density at radius 3 is 2.62 bits per heavy atom. The van der Waals surface area contributed by atoms with Gasteiger partial charge in [0, 0.05) is 6.42 Å². The van der Waals surface area contributed by atoms with Crippen molar-refractivity contribution in [1.29, 1.82) is 0 Å². The van der Waals surface area contributed by atoms with Gasteiger partial charge in [-0.3, -0.25) is 4.79 Å². The summed E-state index contributed by atoms with van der Waals surface area (Å²) in [5, 5.41) is 0. The summed E-state index contributed by atoms with van der Waals surface area (Å²) in [6.45, 7) is 3.32. The molecule has 2 N–H and O–H groups in total. The zero-order valence-electron chi connectivity index (χ0n) is 8.55. The number of hydrogen-bond donors (Lipinski definition) is 1. The van der Waals surface area contributed by atoms with Gasteiger partial charge < -0.3 is 10.5 Å². The van der Waals surface area contributed by atoms with Gasteiger partial charge in [0.1, 0.15) is 0 Å². The number of unbranched alkanes of at least 4 members (excludes halogenated alkanes) is 3. The zero-order chi connectivity index (χ0) is 9.94. The molecule has 3 heteroatoms. The van der Waals surface area contributed by atoms with E-state index in [4.69, 9.17) is 10.5 Å². The second-order valence-electron chi connectivity index (χ2n) is 3.17. The van der Waals surface area contributed by atoms with Gasteiger partial charge in [-0.25, -0.2) is 0 Å². The van der Waals surface area contributed by atoms with Crippen molar-refractivity contribution >= 4 is 5.97 Å². The number of ether oxygens (including phenoxy) is 1. The maximum absolute atomic E-state index is 11.0. The summed E-state index contributed by atoms with van der Waals surface area (Å²) < 4.78 is 5.00. The molecule has 0 spiro atoms. The molecule has 0 atom stereocenters. The zero-order valence-corrected chi connectivity index (χ0v) is 8.55. The molecule has 0 fully saturated rings. The lowest BCUT2D eigenvalue weighted by Crippen LogP contribution is -2.07. The molecule has 13 heavy (non-hydrogen) atoms. The van der Waals surface area contributed by atoms with Crippen molar-refractivity contribution < 1.29 is 9.53 Å². The smallest absolute Gasteiger partial charge is 0.305 e. The quantitative estimate of drug-likeness (QED) is 0.466. The number of hydrogen-bond acceptors (Lipinski definition) is 3. The highest BCUT2D eigenvalue weighted by Crippen LogP contribution is 2.00. The van der Waals surface area contributed by atoms with E-state index in [0.29, 0.717) is 19.6 Å².